The van der Waals surface area contributed by atoms with Gasteiger partial charge in [-0.15, -0.1) is 6.58 Å². The lowest BCUT2D eigenvalue weighted by Crippen LogP contribution is -2.39. The van der Waals surface area contributed by atoms with Crippen LogP contribution in [0.3, 0.4) is 0 Å². The molecule has 25 heavy (non-hydrogen) atoms. The molecule has 1 saturated heterocycles. The lowest BCUT2D eigenvalue weighted by molar-refractivity contribution is -0.0971. The number of ether oxygens (including phenoxy) is 2. The Morgan fingerprint density at radius 1 is 1.28 bits per heavy atom. The van der Waals surface area contributed by atoms with Crippen LogP contribution in [-0.2, 0) is 16.1 Å². The van der Waals surface area contributed by atoms with Gasteiger partial charge in [0.1, 0.15) is 0 Å². The molecule has 0 amide bonds. The van der Waals surface area contributed by atoms with E-state index in [-0.39, 0.29) is 12.2 Å². The number of rotatable bonds is 8. The minimum atomic E-state index is 0.220. The third-order valence-electron chi connectivity index (χ3n) is 5.22. The summed E-state index contributed by atoms with van der Waals surface area (Å²) < 4.78 is 12.4. The van der Waals surface area contributed by atoms with E-state index < -0.39 is 0 Å². The minimum Gasteiger partial charge on any atom is -0.376 e. The zero-order valence-corrected chi connectivity index (χ0v) is 16.3. The van der Waals surface area contributed by atoms with Crippen molar-refractivity contribution < 1.29 is 9.47 Å². The van der Waals surface area contributed by atoms with Gasteiger partial charge in [0.25, 0.3) is 0 Å². The molecule has 1 aromatic rings. The Kier molecular flexibility index (Phi) is 7.92. The van der Waals surface area contributed by atoms with Crippen LogP contribution in [0.1, 0.15) is 46.1 Å². The van der Waals surface area contributed by atoms with Gasteiger partial charge in [-0.05, 0) is 42.7 Å². The molecule has 0 saturated carbocycles. The number of hydrogen-bond acceptors (Lipinski definition) is 2. The Balaban J connectivity index is 1.86. The third kappa shape index (κ3) is 6.13. The molecule has 1 aliphatic heterocycles. The van der Waals surface area contributed by atoms with Gasteiger partial charge in [0, 0.05) is 5.92 Å². The maximum absolute atomic E-state index is 6.49. The molecule has 0 spiro atoms. The van der Waals surface area contributed by atoms with Crippen molar-refractivity contribution in [2.75, 3.05) is 6.61 Å². The highest BCUT2D eigenvalue weighted by molar-refractivity contribution is 5.13. The predicted octanol–water partition coefficient (Wildman–Crippen LogP) is 5.79. The summed E-state index contributed by atoms with van der Waals surface area (Å²) >= 11 is 0. The van der Waals surface area contributed by atoms with Gasteiger partial charge in [-0.3, -0.25) is 0 Å². The smallest absolute Gasteiger partial charge is 0.0811 e. The van der Waals surface area contributed by atoms with Crippen LogP contribution in [0.15, 0.2) is 54.6 Å². The monoisotopic (exact) mass is 342 g/mol. The second kappa shape index (κ2) is 9.94. The first-order chi connectivity index (χ1) is 12.0. The van der Waals surface area contributed by atoms with Crippen molar-refractivity contribution in [3.8, 4) is 0 Å². The van der Waals surface area contributed by atoms with E-state index in [1.165, 1.54) is 17.6 Å². The Hall–Kier alpha value is -1.38. The molecule has 1 aliphatic rings. The molecule has 0 unspecified atom stereocenters. The van der Waals surface area contributed by atoms with Crippen molar-refractivity contribution in [2.45, 2.75) is 59.4 Å². The molecule has 1 heterocycles. The van der Waals surface area contributed by atoms with E-state index in [1.54, 1.807) is 0 Å². The van der Waals surface area contributed by atoms with Crippen LogP contribution in [0.2, 0.25) is 0 Å². The van der Waals surface area contributed by atoms with Crippen molar-refractivity contribution in [1.82, 2.24) is 0 Å². The highest BCUT2D eigenvalue weighted by Gasteiger charge is 2.32. The van der Waals surface area contributed by atoms with Gasteiger partial charge in [0.15, 0.2) is 0 Å². The van der Waals surface area contributed by atoms with E-state index in [0.29, 0.717) is 24.4 Å². The summed E-state index contributed by atoms with van der Waals surface area (Å²) in [7, 11) is 0. The number of benzene rings is 1. The first kappa shape index (κ1) is 19.9. The van der Waals surface area contributed by atoms with Gasteiger partial charge in [-0.2, -0.15) is 0 Å². The zero-order chi connectivity index (χ0) is 18.2. The lowest BCUT2D eigenvalue weighted by Gasteiger charge is -2.38. The fourth-order valence-electron chi connectivity index (χ4n) is 3.57. The van der Waals surface area contributed by atoms with Gasteiger partial charge < -0.3 is 9.47 Å². The van der Waals surface area contributed by atoms with Gasteiger partial charge in [-0.25, -0.2) is 0 Å². The van der Waals surface area contributed by atoms with E-state index in [1.807, 2.05) is 12.1 Å². The quantitative estimate of drug-likeness (QED) is 0.557. The summed E-state index contributed by atoms with van der Waals surface area (Å²) in [5.74, 6) is 1.37. The fourth-order valence-corrected chi connectivity index (χ4v) is 3.57. The molecule has 0 N–H and O–H groups in total. The van der Waals surface area contributed by atoms with Crippen LogP contribution >= 0.6 is 0 Å². The van der Waals surface area contributed by atoms with Crippen molar-refractivity contribution in [2.24, 2.45) is 17.8 Å². The summed E-state index contributed by atoms with van der Waals surface area (Å²) in [6.07, 6.45) is 7.10. The van der Waals surface area contributed by atoms with E-state index in [2.05, 4.69) is 64.6 Å². The predicted molar refractivity (Wildman–Crippen MR) is 105 cm³/mol. The SMILES string of the molecule is C=C[C@H](C)/C=C(\C)[C@H]1O[C@H]([C@H](C)COCc2ccccc2)CC[C@@H]1C. The van der Waals surface area contributed by atoms with Crippen molar-refractivity contribution in [3.05, 3.63) is 60.2 Å². The van der Waals surface area contributed by atoms with Gasteiger partial charge in [-0.1, -0.05) is 63.3 Å². The van der Waals surface area contributed by atoms with Crippen molar-refractivity contribution >= 4 is 0 Å². The van der Waals surface area contributed by atoms with Crippen LogP contribution in [0, 0.1) is 17.8 Å². The second-order valence-corrected chi connectivity index (χ2v) is 7.63. The highest BCUT2D eigenvalue weighted by Crippen LogP contribution is 2.32. The maximum Gasteiger partial charge on any atom is 0.0811 e. The van der Waals surface area contributed by atoms with Crippen LogP contribution in [0.4, 0.5) is 0 Å². The third-order valence-corrected chi connectivity index (χ3v) is 5.22. The Bertz CT molecular complexity index is 548. The van der Waals surface area contributed by atoms with E-state index >= 15 is 0 Å². The molecule has 1 aromatic carbocycles. The van der Waals surface area contributed by atoms with E-state index in [0.717, 1.165) is 13.0 Å². The topological polar surface area (TPSA) is 18.5 Å². The Labute approximate surface area is 153 Å². The number of allylic oxidation sites excluding steroid dienone is 2. The molecule has 0 aromatic heterocycles. The molecule has 5 atom stereocenters. The van der Waals surface area contributed by atoms with Crippen LogP contribution in [0.25, 0.3) is 0 Å². The molecule has 1 fully saturated rings. The largest absolute Gasteiger partial charge is 0.376 e. The standard InChI is InChI=1S/C23H34O2/c1-6-17(2)14-19(4)23-18(3)12-13-22(25-23)20(5)15-24-16-21-10-8-7-9-11-21/h6-11,14,17-18,20,22-23H,1,12-13,15-16H2,2-5H3/b19-14+/t17-,18-,20+,22-,23-/m0/s1. The normalized spacial score (nSPS) is 26.9. The average Bonchev–Trinajstić information content (AvgIpc) is 2.62. The lowest BCUT2D eigenvalue weighted by atomic mass is 9.85. The van der Waals surface area contributed by atoms with Gasteiger partial charge in [0.05, 0.1) is 25.4 Å². The highest BCUT2D eigenvalue weighted by atomic mass is 16.5. The summed E-state index contributed by atoms with van der Waals surface area (Å²) in [4.78, 5) is 0. The van der Waals surface area contributed by atoms with E-state index in [4.69, 9.17) is 9.47 Å². The zero-order valence-electron chi connectivity index (χ0n) is 16.3. The maximum atomic E-state index is 6.49. The molecule has 0 aliphatic carbocycles. The molecule has 2 heteroatoms. The van der Waals surface area contributed by atoms with Gasteiger partial charge in [0.2, 0.25) is 0 Å². The van der Waals surface area contributed by atoms with Crippen LogP contribution < -0.4 is 0 Å². The first-order valence-electron chi connectivity index (χ1n) is 9.59. The molecular formula is C23H34O2. The second-order valence-electron chi connectivity index (χ2n) is 7.63. The molecule has 0 bridgehead atoms. The fraction of sp³-hybridized carbons (Fsp3) is 0.565. The number of hydrogen-bond donors (Lipinski definition) is 0. The molecule has 0 radical (unpaired) electrons. The average molecular weight is 343 g/mol. The molecular weight excluding hydrogens is 308 g/mol. The molecule has 138 valence electrons. The Morgan fingerprint density at radius 2 is 2.00 bits per heavy atom. The van der Waals surface area contributed by atoms with Crippen LogP contribution in [-0.4, -0.2) is 18.8 Å². The summed E-state index contributed by atoms with van der Waals surface area (Å²) in [6, 6.07) is 10.4. The van der Waals surface area contributed by atoms with Crippen molar-refractivity contribution in [1.29, 1.82) is 0 Å². The summed E-state index contributed by atoms with van der Waals surface area (Å²) in [6.45, 7) is 14.2. The van der Waals surface area contributed by atoms with E-state index in [9.17, 15) is 0 Å². The van der Waals surface area contributed by atoms with Crippen LogP contribution in [0.5, 0.6) is 0 Å². The van der Waals surface area contributed by atoms with Gasteiger partial charge >= 0.3 is 0 Å². The molecule has 2 rings (SSSR count). The summed E-state index contributed by atoms with van der Waals surface area (Å²) in [5, 5.41) is 0. The summed E-state index contributed by atoms with van der Waals surface area (Å²) in [5.41, 5.74) is 2.56. The van der Waals surface area contributed by atoms with Crippen molar-refractivity contribution in [3.63, 3.8) is 0 Å². The Morgan fingerprint density at radius 3 is 2.68 bits per heavy atom. The minimum absolute atomic E-state index is 0.220. The molecule has 2 nitrogen and oxygen atoms in total. The first-order valence-corrected chi connectivity index (χ1v) is 9.59.